The molecule has 1 aromatic rings. The standard InChI is InChI=1S/C13H16FN3OS/c14-11-7-9(12(15)19)3-4-10(11)8-16-13(18)17-5-1-2-6-17/h3-4,7H,1-2,5-6,8H2,(H2,15,19)(H,16,18). The summed E-state index contributed by atoms with van der Waals surface area (Å²) < 4.78 is 13.8. The number of carbonyl (C=O) groups is 1. The first-order valence-electron chi connectivity index (χ1n) is 6.19. The number of hydrogen-bond donors (Lipinski definition) is 2. The van der Waals surface area contributed by atoms with Crippen LogP contribution in [0.5, 0.6) is 0 Å². The molecule has 102 valence electrons. The average Bonchev–Trinajstić information content (AvgIpc) is 2.90. The van der Waals surface area contributed by atoms with Gasteiger partial charge in [-0.25, -0.2) is 9.18 Å². The highest BCUT2D eigenvalue weighted by atomic mass is 32.1. The summed E-state index contributed by atoms with van der Waals surface area (Å²) in [5.74, 6) is -0.410. The van der Waals surface area contributed by atoms with Crippen LogP contribution in [0.25, 0.3) is 0 Å². The van der Waals surface area contributed by atoms with Gasteiger partial charge >= 0.3 is 6.03 Å². The number of nitrogens with two attached hydrogens (primary N) is 1. The van der Waals surface area contributed by atoms with Gasteiger partial charge in [0.05, 0.1) is 0 Å². The van der Waals surface area contributed by atoms with Gasteiger partial charge in [-0.15, -0.1) is 0 Å². The number of halogens is 1. The summed E-state index contributed by atoms with van der Waals surface area (Å²) in [5.41, 5.74) is 6.34. The maximum atomic E-state index is 13.8. The van der Waals surface area contributed by atoms with Crippen LogP contribution >= 0.6 is 12.2 Å². The highest BCUT2D eigenvalue weighted by Crippen LogP contribution is 2.11. The van der Waals surface area contributed by atoms with E-state index in [0.717, 1.165) is 25.9 Å². The van der Waals surface area contributed by atoms with E-state index < -0.39 is 5.82 Å². The molecule has 6 heteroatoms. The Morgan fingerprint density at radius 3 is 2.68 bits per heavy atom. The number of benzene rings is 1. The molecule has 0 radical (unpaired) electrons. The first-order chi connectivity index (χ1) is 9.08. The number of hydrogen-bond acceptors (Lipinski definition) is 2. The molecule has 0 aromatic heterocycles. The molecule has 2 rings (SSSR count). The Bertz CT molecular complexity index is 501. The first-order valence-corrected chi connectivity index (χ1v) is 6.60. The van der Waals surface area contributed by atoms with Gasteiger partial charge in [-0.1, -0.05) is 24.4 Å². The smallest absolute Gasteiger partial charge is 0.317 e. The van der Waals surface area contributed by atoms with Crippen molar-refractivity contribution in [3.8, 4) is 0 Å². The summed E-state index contributed by atoms with van der Waals surface area (Å²) in [6.45, 7) is 1.71. The predicted molar refractivity (Wildman–Crippen MR) is 75.3 cm³/mol. The minimum Gasteiger partial charge on any atom is -0.389 e. The first kappa shape index (κ1) is 13.7. The zero-order valence-electron chi connectivity index (χ0n) is 10.5. The number of urea groups is 1. The van der Waals surface area contributed by atoms with Gasteiger partial charge in [0.15, 0.2) is 0 Å². The normalized spacial score (nSPS) is 14.5. The number of likely N-dealkylation sites (tertiary alicyclic amines) is 1. The molecule has 0 spiro atoms. The average molecular weight is 281 g/mol. The number of carbonyl (C=O) groups excluding carboxylic acids is 1. The molecule has 1 heterocycles. The molecule has 3 N–H and O–H groups in total. The largest absolute Gasteiger partial charge is 0.389 e. The van der Waals surface area contributed by atoms with E-state index in [-0.39, 0.29) is 17.6 Å². The highest BCUT2D eigenvalue weighted by Gasteiger charge is 2.17. The van der Waals surface area contributed by atoms with Gasteiger partial charge in [-0.2, -0.15) is 0 Å². The van der Waals surface area contributed by atoms with Gasteiger partial charge in [0.25, 0.3) is 0 Å². The lowest BCUT2D eigenvalue weighted by atomic mass is 10.1. The third kappa shape index (κ3) is 3.41. The summed E-state index contributed by atoms with van der Waals surface area (Å²) in [4.78, 5) is 13.7. The number of amides is 2. The van der Waals surface area contributed by atoms with Gasteiger partial charge in [0.1, 0.15) is 10.8 Å². The van der Waals surface area contributed by atoms with E-state index in [9.17, 15) is 9.18 Å². The lowest BCUT2D eigenvalue weighted by Gasteiger charge is -2.16. The molecular weight excluding hydrogens is 265 g/mol. The van der Waals surface area contributed by atoms with E-state index in [0.29, 0.717) is 11.1 Å². The van der Waals surface area contributed by atoms with Crippen LogP contribution in [0.15, 0.2) is 18.2 Å². The van der Waals surface area contributed by atoms with Crippen LogP contribution < -0.4 is 11.1 Å². The predicted octanol–water partition coefficient (Wildman–Crippen LogP) is 1.77. The van der Waals surface area contributed by atoms with Crippen molar-refractivity contribution < 1.29 is 9.18 Å². The molecule has 0 atom stereocenters. The summed E-state index contributed by atoms with van der Waals surface area (Å²) in [6.07, 6.45) is 2.06. The summed E-state index contributed by atoms with van der Waals surface area (Å²) >= 11 is 4.78. The number of nitrogens with zero attached hydrogens (tertiary/aromatic N) is 1. The topological polar surface area (TPSA) is 58.4 Å². The Balaban J connectivity index is 1.95. The van der Waals surface area contributed by atoms with Gasteiger partial charge in [0, 0.05) is 30.8 Å². The highest BCUT2D eigenvalue weighted by molar-refractivity contribution is 7.80. The van der Waals surface area contributed by atoms with Crippen LogP contribution in [0.4, 0.5) is 9.18 Å². The fourth-order valence-corrected chi connectivity index (χ4v) is 2.17. The third-order valence-electron chi connectivity index (χ3n) is 3.16. The molecule has 2 amide bonds. The van der Waals surface area contributed by atoms with Crippen molar-refractivity contribution in [1.29, 1.82) is 0 Å². The van der Waals surface area contributed by atoms with Gasteiger partial charge in [0.2, 0.25) is 0 Å². The summed E-state index contributed by atoms with van der Waals surface area (Å²) in [5, 5.41) is 2.71. The molecule has 0 saturated carbocycles. The van der Waals surface area contributed by atoms with Crippen LogP contribution in [0.3, 0.4) is 0 Å². The van der Waals surface area contributed by atoms with Gasteiger partial charge in [-0.3, -0.25) is 0 Å². The van der Waals surface area contributed by atoms with Gasteiger partial charge < -0.3 is 16.0 Å². The maximum absolute atomic E-state index is 13.8. The Kier molecular flexibility index (Phi) is 4.31. The van der Waals surface area contributed by atoms with E-state index in [1.54, 1.807) is 17.0 Å². The second-order valence-corrected chi connectivity index (χ2v) is 4.96. The fourth-order valence-electron chi connectivity index (χ4n) is 2.05. The molecule has 0 bridgehead atoms. The van der Waals surface area contributed by atoms with Crippen molar-refractivity contribution in [3.63, 3.8) is 0 Å². The molecule has 1 saturated heterocycles. The van der Waals surface area contributed by atoms with Crippen molar-refractivity contribution in [2.75, 3.05) is 13.1 Å². The van der Waals surface area contributed by atoms with Crippen LogP contribution in [-0.2, 0) is 6.54 Å². The zero-order chi connectivity index (χ0) is 13.8. The monoisotopic (exact) mass is 281 g/mol. The number of nitrogens with one attached hydrogen (secondary N) is 1. The minimum atomic E-state index is -0.410. The third-order valence-corrected chi connectivity index (χ3v) is 3.40. The second kappa shape index (κ2) is 5.97. The van der Waals surface area contributed by atoms with Crippen molar-refractivity contribution in [2.45, 2.75) is 19.4 Å². The quantitative estimate of drug-likeness (QED) is 0.830. The van der Waals surface area contributed by atoms with Crippen molar-refractivity contribution in [3.05, 3.63) is 35.1 Å². The molecule has 1 aliphatic heterocycles. The Hall–Kier alpha value is -1.69. The molecular formula is C13H16FN3OS. The van der Waals surface area contributed by atoms with Crippen molar-refractivity contribution in [1.82, 2.24) is 10.2 Å². The van der Waals surface area contributed by atoms with Crippen LogP contribution in [0.2, 0.25) is 0 Å². The van der Waals surface area contributed by atoms with Crippen LogP contribution in [-0.4, -0.2) is 29.0 Å². The van der Waals surface area contributed by atoms with E-state index >= 15 is 0 Å². The summed E-state index contributed by atoms with van der Waals surface area (Å²) in [7, 11) is 0. The second-order valence-electron chi connectivity index (χ2n) is 4.52. The van der Waals surface area contributed by atoms with Crippen molar-refractivity contribution in [2.24, 2.45) is 5.73 Å². The van der Waals surface area contributed by atoms with E-state index in [4.69, 9.17) is 18.0 Å². The zero-order valence-corrected chi connectivity index (χ0v) is 11.3. The molecule has 0 unspecified atom stereocenters. The molecule has 1 aromatic carbocycles. The fraction of sp³-hybridized carbons (Fsp3) is 0.385. The Labute approximate surface area is 116 Å². The van der Waals surface area contributed by atoms with E-state index in [1.807, 2.05) is 0 Å². The molecule has 19 heavy (non-hydrogen) atoms. The molecule has 4 nitrogen and oxygen atoms in total. The van der Waals surface area contributed by atoms with Crippen LogP contribution in [0, 0.1) is 5.82 Å². The lowest BCUT2D eigenvalue weighted by molar-refractivity contribution is 0.208. The van der Waals surface area contributed by atoms with Crippen molar-refractivity contribution >= 4 is 23.2 Å². The number of rotatable bonds is 3. The van der Waals surface area contributed by atoms with Crippen LogP contribution in [0.1, 0.15) is 24.0 Å². The molecule has 0 aliphatic carbocycles. The Morgan fingerprint density at radius 1 is 1.42 bits per heavy atom. The lowest BCUT2D eigenvalue weighted by Crippen LogP contribution is -2.37. The Morgan fingerprint density at radius 2 is 2.11 bits per heavy atom. The van der Waals surface area contributed by atoms with Gasteiger partial charge in [-0.05, 0) is 18.9 Å². The maximum Gasteiger partial charge on any atom is 0.317 e. The van der Waals surface area contributed by atoms with E-state index in [2.05, 4.69) is 5.32 Å². The summed E-state index contributed by atoms with van der Waals surface area (Å²) in [6, 6.07) is 4.39. The number of thiocarbonyl (C=S) groups is 1. The minimum absolute atomic E-state index is 0.143. The molecule has 1 aliphatic rings. The van der Waals surface area contributed by atoms with E-state index in [1.165, 1.54) is 6.07 Å². The SMILES string of the molecule is NC(=S)c1ccc(CNC(=O)N2CCCC2)c(F)c1. The molecule has 1 fully saturated rings.